The summed E-state index contributed by atoms with van der Waals surface area (Å²) < 4.78 is 10.5. The molecule has 102 valence electrons. The van der Waals surface area contributed by atoms with E-state index >= 15 is 0 Å². The topological polar surface area (TPSA) is 38.5 Å². The third kappa shape index (κ3) is 3.82. The molecule has 0 saturated heterocycles. The largest absolute Gasteiger partial charge is 0.381 e. The molecule has 1 aliphatic carbocycles. The minimum atomic E-state index is 0.491. The molecule has 0 radical (unpaired) electrons. The molecule has 0 bridgehead atoms. The fraction of sp³-hybridized carbons (Fsp3) is 0.786. The molecule has 1 fully saturated rings. The summed E-state index contributed by atoms with van der Waals surface area (Å²) in [5.74, 6) is 1.69. The van der Waals surface area contributed by atoms with Crippen LogP contribution in [-0.4, -0.2) is 36.9 Å². The molecule has 0 N–H and O–H groups in total. The first-order chi connectivity index (χ1) is 8.67. The van der Waals surface area contributed by atoms with E-state index in [0.717, 1.165) is 30.5 Å². The van der Waals surface area contributed by atoms with Crippen molar-refractivity contribution in [3.63, 3.8) is 0 Å². The Kier molecular flexibility index (Phi) is 4.78. The normalized spacial score (nSPS) is 24.7. The SMILES string of the molecule is COC1CCC(CN(C)Cc2cc(C)on2)CC1. The van der Waals surface area contributed by atoms with Crippen molar-refractivity contribution in [2.75, 3.05) is 20.7 Å². The molecule has 2 rings (SSSR count). The first-order valence-electron chi connectivity index (χ1n) is 6.81. The van der Waals surface area contributed by atoms with Crippen LogP contribution in [-0.2, 0) is 11.3 Å². The van der Waals surface area contributed by atoms with Gasteiger partial charge in [0.15, 0.2) is 0 Å². The molecule has 1 aromatic heterocycles. The Hall–Kier alpha value is -0.870. The van der Waals surface area contributed by atoms with E-state index in [1.807, 2.05) is 20.1 Å². The van der Waals surface area contributed by atoms with Gasteiger partial charge >= 0.3 is 0 Å². The zero-order valence-electron chi connectivity index (χ0n) is 11.7. The van der Waals surface area contributed by atoms with E-state index in [-0.39, 0.29) is 0 Å². The van der Waals surface area contributed by atoms with E-state index in [2.05, 4.69) is 17.1 Å². The molecular weight excluding hydrogens is 228 g/mol. The maximum atomic E-state index is 5.41. The number of nitrogens with zero attached hydrogens (tertiary/aromatic N) is 2. The molecule has 1 aromatic rings. The van der Waals surface area contributed by atoms with Crippen molar-refractivity contribution in [2.45, 2.75) is 45.3 Å². The fourth-order valence-electron chi connectivity index (χ4n) is 2.82. The van der Waals surface area contributed by atoms with Crippen LogP contribution in [0.25, 0.3) is 0 Å². The minimum absolute atomic E-state index is 0.491. The number of rotatable bonds is 5. The van der Waals surface area contributed by atoms with Crippen LogP contribution in [0.3, 0.4) is 0 Å². The van der Waals surface area contributed by atoms with Crippen LogP contribution < -0.4 is 0 Å². The highest BCUT2D eigenvalue weighted by Crippen LogP contribution is 2.26. The molecule has 0 spiro atoms. The summed E-state index contributed by atoms with van der Waals surface area (Å²) in [5, 5.41) is 4.04. The lowest BCUT2D eigenvalue weighted by Gasteiger charge is -2.30. The highest BCUT2D eigenvalue weighted by molar-refractivity contribution is 5.03. The monoisotopic (exact) mass is 252 g/mol. The predicted molar refractivity (Wildman–Crippen MR) is 70.3 cm³/mol. The summed E-state index contributed by atoms with van der Waals surface area (Å²) in [7, 11) is 3.98. The second-order valence-electron chi connectivity index (χ2n) is 5.50. The number of aromatic nitrogens is 1. The Morgan fingerprint density at radius 2 is 2.11 bits per heavy atom. The molecule has 0 unspecified atom stereocenters. The van der Waals surface area contributed by atoms with Gasteiger partial charge in [-0.2, -0.15) is 0 Å². The lowest BCUT2D eigenvalue weighted by molar-refractivity contribution is 0.0508. The maximum absolute atomic E-state index is 5.41. The third-order valence-corrected chi connectivity index (χ3v) is 3.81. The highest BCUT2D eigenvalue weighted by Gasteiger charge is 2.21. The van der Waals surface area contributed by atoms with Crippen LogP contribution in [0.2, 0.25) is 0 Å². The molecule has 1 heterocycles. The second-order valence-corrected chi connectivity index (χ2v) is 5.50. The van der Waals surface area contributed by atoms with Gasteiger partial charge in [-0.3, -0.25) is 0 Å². The number of methoxy groups -OCH3 is 1. The van der Waals surface area contributed by atoms with Gasteiger partial charge < -0.3 is 14.2 Å². The van der Waals surface area contributed by atoms with Crippen LogP contribution in [0.15, 0.2) is 10.6 Å². The van der Waals surface area contributed by atoms with Gasteiger partial charge in [-0.15, -0.1) is 0 Å². The Labute approximate surface area is 109 Å². The van der Waals surface area contributed by atoms with Gasteiger partial charge in [0, 0.05) is 26.3 Å². The Bertz CT molecular complexity index is 356. The van der Waals surface area contributed by atoms with Crippen LogP contribution in [0.1, 0.15) is 37.1 Å². The number of hydrogen-bond acceptors (Lipinski definition) is 4. The van der Waals surface area contributed by atoms with Crippen molar-refractivity contribution in [3.05, 3.63) is 17.5 Å². The van der Waals surface area contributed by atoms with Crippen molar-refractivity contribution in [1.82, 2.24) is 10.1 Å². The lowest BCUT2D eigenvalue weighted by Crippen LogP contribution is -2.30. The Morgan fingerprint density at radius 1 is 1.39 bits per heavy atom. The van der Waals surface area contributed by atoms with E-state index in [1.54, 1.807) is 0 Å². The molecule has 0 amide bonds. The predicted octanol–water partition coefficient (Wildman–Crippen LogP) is 2.62. The quantitative estimate of drug-likeness (QED) is 0.807. The minimum Gasteiger partial charge on any atom is -0.381 e. The molecule has 0 atom stereocenters. The van der Waals surface area contributed by atoms with Gasteiger partial charge in [-0.1, -0.05) is 5.16 Å². The fourth-order valence-corrected chi connectivity index (χ4v) is 2.82. The molecule has 4 nitrogen and oxygen atoms in total. The average molecular weight is 252 g/mol. The number of ether oxygens (including phenoxy) is 1. The summed E-state index contributed by atoms with van der Waals surface area (Å²) in [6.45, 7) is 3.95. The standard InChI is InChI=1S/C14H24N2O2/c1-11-8-13(15-18-11)10-16(2)9-12-4-6-14(17-3)7-5-12/h8,12,14H,4-7,9-10H2,1-3H3. The average Bonchev–Trinajstić information content (AvgIpc) is 2.75. The van der Waals surface area contributed by atoms with Crippen LogP contribution in [0.5, 0.6) is 0 Å². The van der Waals surface area contributed by atoms with Gasteiger partial charge in [-0.05, 0) is 45.6 Å². The molecule has 4 heteroatoms. The summed E-state index contributed by atoms with van der Waals surface area (Å²) >= 11 is 0. The van der Waals surface area contributed by atoms with Gasteiger partial charge in [0.1, 0.15) is 5.76 Å². The van der Waals surface area contributed by atoms with Crippen LogP contribution >= 0.6 is 0 Å². The third-order valence-electron chi connectivity index (χ3n) is 3.81. The van der Waals surface area contributed by atoms with Crippen LogP contribution in [0, 0.1) is 12.8 Å². The van der Waals surface area contributed by atoms with Gasteiger partial charge in [0.2, 0.25) is 0 Å². The van der Waals surface area contributed by atoms with Gasteiger partial charge in [0.05, 0.1) is 11.8 Å². The van der Waals surface area contributed by atoms with Gasteiger partial charge in [-0.25, -0.2) is 0 Å². The molecule has 0 aliphatic heterocycles. The van der Waals surface area contributed by atoms with Crippen molar-refractivity contribution in [1.29, 1.82) is 0 Å². The van der Waals surface area contributed by atoms with Crippen molar-refractivity contribution >= 4 is 0 Å². The summed E-state index contributed by atoms with van der Waals surface area (Å²) in [4.78, 5) is 2.34. The van der Waals surface area contributed by atoms with E-state index in [1.165, 1.54) is 25.7 Å². The Morgan fingerprint density at radius 3 is 2.67 bits per heavy atom. The number of aryl methyl sites for hydroxylation is 1. The summed E-state index contributed by atoms with van der Waals surface area (Å²) in [6.07, 6.45) is 5.46. The summed E-state index contributed by atoms with van der Waals surface area (Å²) in [5.41, 5.74) is 1.03. The summed E-state index contributed by atoms with van der Waals surface area (Å²) in [6, 6.07) is 2.01. The lowest BCUT2D eigenvalue weighted by atomic mass is 9.87. The van der Waals surface area contributed by atoms with E-state index in [4.69, 9.17) is 9.26 Å². The maximum Gasteiger partial charge on any atom is 0.133 e. The second kappa shape index (κ2) is 6.34. The smallest absolute Gasteiger partial charge is 0.133 e. The first kappa shape index (κ1) is 13.6. The zero-order chi connectivity index (χ0) is 13.0. The molecule has 1 aliphatic rings. The van der Waals surface area contributed by atoms with Crippen molar-refractivity contribution in [2.24, 2.45) is 5.92 Å². The van der Waals surface area contributed by atoms with Crippen molar-refractivity contribution in [3.8, 4) is 0 Å². The number of hydrogen-bond donors (Lipinski definition) is 0. The van der Waals surface area contributed by atoms with Gasteiger partial charge in [0.25, 0.3) is 0 Å². The van der Waals surface area contributed by atoms with Crippen LogP contribution in [0.4, 0.5) is 0 Å². The molecule has 1 saturated carbocycles. The van der Waals surface area contributed by atoms with E-state index in [0.29, 0.717) is 6.10 Å². The molecule has 18 heavy (non-hydrogen) atoms. The molecular formula is C14H24N2O2. The zero-order valence-corrected chi connectivity index (χ0v) is 11.7. The Balaban J connectivity index is 1.73. The van der Waals surface area contributed by atoms with E-state index < -0.39 is 0 Å². The highest BCUT2D eigenvalue weighted by atomic mass is 16.5. The van der Waals surface area contributed by atoms with Crippen molar-refractivity contribution < 1.29 is 9.26 Å². The first-order valence-corrected chi connectivity index (χ1v) is 6.81. The van der Waals surface area contributed by atoms with E-state index in [9.17, 15) is 0 Å². The molecule has 0 aromatic carbocycles.